The fourth-order valence-corrected chi connectivity index (χ4v) is 2.02. The van der Waals surface area contributed by atoms with Crippen LogP contribution in [0.4, 0.5) is 11.9 Å². The summed E-state index contributed by atoms with van der Waals surface area (Å²) in [6.07, 6.45) is 0. The van der Waals surface area contributed by atoms with Gasteiger partial charge in [-0.25, -0.2) is 0 Å². The van der Waals surface area contributed by atoms with Gasteiger partial charge in [0.15, 0.2) is 0 Å². The molecule has 124 valence electrons. The number of hydrogen-bond acceptors (Lipinski definition) is 10. The van der Waals surface area contributed by atoms with Crippen molar-refractivity contribution in [3.05, 3.63) is 60.7 Å². The summed E-state index contributed by atoms with van der Waals surface area (Å²) in [7, 11) is 0. The highest BCUT2D eigenvalue weighted by molar-refractivity contribution is 5.53. The number of nitrogens with zero attached hydrogens (tertiary/aromatic N) is 10. The van der Waals surface area contributed by atoms with Gasteiger partial charge in [-0.2, -0.15) is 0 Å². The Morgan fingerprint density at radius 2 is 0.769 bits per heavy atom. The van der Waals surface area contributed by atoms with Crippen LogP contribution in [0.15, 0.2) is 70.9 Å². The van der Waals surface area contributed by atoms with Gasteiger partial charge >= 0.3 is 11.9 Å². The van der Waals surface area contributed by atoms with Crippen LogP contribution in [-0.4, -0.2) is 40.8 Å². The number of aromatic nitrogens is 8. The number of hydrogen-bond donors (Lipinski definition) is 0. The fourth-order valence-electron chi connectivity index (χ4n) is 2.02. The van der Waals surface area contributed by atoms with Gasteiger partial charge in [-0.3, -0.25) is 0 Å². The third-order valence-electron chi connectivity index (χ3n) is 3.23. The van der Waals surface area contributed by atoms with E-state index in [0.717, 1.165) is 11.1 Å². The molecule has 2 heterocycles. The molecule has 4 rings (SSSR count). The van der Waals surface area contributed by atoms with Crippen molar-refractivity contribution in [3.8, 4) is 22.8 Å². The molecule has 0 amide bonds. The molecular weight excluding hydrogens is 332 g/mol. The van der Waals surface area contributed by atoms with Crippen LogP contribution in [0.1, 0.15) is 0 Å². The molecule has 0 aliphatic carbocycles. The van der Waals surface area contributed by atoms with E-state index in [2.05, 4.69) is 51.0 Å². The van der Waals surface area contributed by atoms with Crippen LogP contribution in [0.3, 0.4) is 0 Å². The van der Waals surface area contributed by atoms with E-state index < -0.39 is 0 Å². The number of azo groups is 1. The predicted molar refractivity (Wildman–Crippen MR) is 90.3 cm³/mol. The molecule has 0 atom stereocenters. The van der Waals surface area contributed by atoms with Gasteiger partial charge in [0.2, 0.25) is 11.6 Å². The maximum absolute atomic E-state index is 3.97. The van der Waals surface area contributed by atoms with Gasteiger partial charge in [0.25, 0.3) is 0 Å². The van der Waals surface area contributed by atoms with Crippen LogP contribution in [0.25, 0.3) is 22.8 Å². The van der Waals surface area contributed by atoms with Gasteiger partial charge in [-0.05, 0) is 0 Å². The maximum atomic E-state index is 3.97. The molecule has 0 N–H and O–H groups in total. The molecule has 0 bridgehead atoms. The summed E-state index contributed by atoms with van der Waals surface area (Å²) in [4.78, 5) is 0. The van der Waals surface area contributed by atoms with Gasteiger partial charge in [-0.1, -0.05) is 60.7 Å². The van der Waals surface area contributed by atoms with E-state index in [4.69, 9.17) is 0 Å². The highest BCUT2D eigenvalue weighted by atomic mass is 15.4. The molecule has 0 aliphatic rings. The first-order valence-corrected chi connectivity index (χ1v) is 7.56. The molecular formula is C16H10N10. The van der Waals surface area contributed by atoms with Gasteiger partial charge < -0.3 is 0 Å². The van der Waals surface area contributed by atoms with Crippen molar-refractivity contribution in [1.29, 1.82) is 0 Å². The summed E-state index contributed by atoms with van der Waals surface area (Å²) in [6.45, 7) is 0. The largest absolute Gasteiger partial charge is 0.306 e. The molecule has 4 aromatic rings. The lowest BCUT2D eigenvalue weighted by Crippen LogP contribution is -1.96. The van der Waals surface area contributed by atoms with Crippen molar-refractivity contribution in [1.82, 2.24) is 40.8 Å². The van der Waals surface area contributed by atoms with Crippen molar-refractivity contribution in [2.75, 3.05) is 0 Å². The minimum Gasteiger partial charge on any atom is -0.124 e. The Hall–Kier alpha value is -4.08. The molecule has 0 saturated heterocycles. The maximum Gasteiger partial charge on any atom is 0.306 e. The van der Waals surface area contributed by atoms with Crippen LogP contribution in [-0.2, 0) is 0 Å². The van der Waals surface area contributed by atoms with Crippen molar-refractivity contribution in [2.45, 2.75) is 0 Å². The molecule has 0 saturated carbocycles. The molecule has 10 heteroatoms. The van der Waals surface area contributed by atoms with Crippen molar-refractivity contribution in [2.24, 2.45) is 10.2 Å². The monoisotopic (exact) mass is 342 g/mol. The molecule has 0 aliphatic heterocycles. The quantitative estimate of drug-likeness (QED) is 0.518. The van der Waals surface area contributed by atoms with Crippen LogP contribution in [0, 0.1) is 0 Å². The normalized spacial score (nSPS) is 10.9. The fraction of sp³-hybridized carbons (Fsp3) is 0. The van der Waals surface area contributed by atoms with E-state index in [1.165, 1.54) is 0 Å². The van der Waals surface area contributed by atoms with Crippen LogP contribution < -0.4 is 0 Å². The van der Waals surface area contributed by atoms with Crippen molar-refractivity contribution >= 4 is 11.9 Å². The molecule has 0 fully saturated rings. The standard InChI is InChI=1S/C16H10N10/c1-3-7-11(8-4-1)13-17-21-15(22-18-13)25-26-16-23-19-14(20-24-16)12-9-5-2-6-10-12/h1-10H. The Labute approximate surface area is 147 Å². The third-order valence-corrected chi connectivity index (χ3v) is 3.23. The lowest BCUT2D eigenvalue weighted by Gasteiger charge is -1.97. The van der Waals surface area contributed by atoms with Gasteiger partial charge in [0.05, 0.1) is 0 Å². The van der Waals surface area contributed by atoms with E-state index in [0.29, 0.717) is 11.6 Å². The molecule has 10 nitrogen and oxygen atoms in total. The molecule has 0 unspecified atom stereocenters. The van der Waals surface area contributed by atoms with E-state index in [9.17, 15) is 0 Å². The predicted octanol–water partition coefficient (Wildman–Crippen LogP) is 2.60. The summed E-state index contributed by atoms with van der Waals surface area (Å²) < 4.78 is 0. The molecule has 26 heavy (non-hydrogen) atoms. The van der Waals surface area contributed by atoms with Gasteiger partial charge in [-0.15, -0.1) is 51.0 Å². The summed E-state index contributed by atoms with van der Waals surface area (Å²) in [5.41, 5.74) is 1.62. The van der Waals surface area contributed by atoms with E-state index in [-0.39, 0.29) is 11.9 Å². The minimum absolute atomic E-state index is 0.0135. The second-order valence-corrected chi connectivity index (χ2v) is 4.98. The average molecular weight is 342 g/mol. The first kappa shape index (κ1) is 15.4. The Balaban J connectivity index is 1.48. The summed E-state index contributed by atoms with van der Waals surface area (Å²) >= 11 is 0. The van der Waals surface area contributed by atoms with Crippen LogP contribution in [0.2, 0.25) is 0 Å². The molecule has 0 radical (unpaired) electrons. The smallest absolute Gasteiger partial charge is 0.124 e. The van der Waals surface area contributed by atoms with Gasteiger partial charge in [0, 0.05) is 11.1 Å². The first-order chi connectivity index (χ1) is 12.9. The lowest BCUT2D eigenvalue weighted by molar-refractivity contribution is 0.823. The van der Waals surface area contributed by atoms with E-state index in [1.807, 2.05) is 60.7 Å². The Morgan fingerprint density at radius 3 is 1.12 bits per heavy atom. The first-order valence-electron chi connectivity index (χ1n) is 7.56. The van der Waals surface area contributed by atoms with Gasteiger partial charge in [0.1, 0.15) is 0 Å². The molecule has 0 spiro atoms. The number of rotatable bonds is 4. The van der Waals surface area contributed by atoms with E-state index >= 15 is 0 Å². The zero-order valence-electron chi connectivity index (χ0n) is 13.2. The van der Waals surface area contributed by atoms with E-state index in [1.54, 1.807) is 0 Å². The number of benzene rings is 2. The Morgan fingerprint density at radius 1 is 0.423 bits per heavy atom. The summed E-state index contributed by atoms with van der Waals surface area (Å²) in [5.74, 6) is 0.772. The van der Waals surface area contributed by atoms with Crippen LogP contribution >= 0.6 is 0 Å². The van der Waals surface area contributed by atoms with Crippen LogP contribution in [0.5, 0.6) is 0 Å². The third kappa shape index (κ3) is 3.53. The second-order valence-electron chi connectivity index (χ2n) is 4.98. The average Bonchev–Trinajstić information content (AvgIpc) is 2.74. The van der Waals surface area contributed by atoms with Crippen molar-refractivity contribution < 1.29 is 0 Å². The lowest BCUT2D eigenvalue weighted by atomic mass is 10.2. The highest BCUT2D eigenvalue weighted by Crippen LogP contribution is 2.14. The van der Waals surface area contributed by atoms with Crippen molar-refractivity contribution in [3.63, 3.8) is 0 Å². The topological polar surface area (TPSA) is 128 Å². The Kier molecular flexibility index (Phi) is 4.29. The second kappa shape index (κ2) is 7.21. The molecule has 2 aromatic carbocycles. The SMILES string of the molecule is c1ccc(-c2nnc(N=Nc3nnc(-c4ccccc4)nn3)nn2)cc1. The minimum atomic E-state index is -0.0135. The Bertz CT molecular complexity index is 917. The molecule has 2 aromatic heterocycles. The highest BCUT2D eigenvalue weighted by Gasteiger charge is 2.05. The summed E-state index contributed by atoms with van der Waals surface area (Å²) in [6, 6.07) is 18.8. The zero-order chi connectivity index (χ0) is 17.6. The zero-order valence-corrected chi connectivity index (χ0v) is 13.2. The summed E-state index contributed by atoms with van der Waals surface area (Å²) in [5, 5.41) is 38.9.